The molecule has 0 aliphatic carbocycles. The van der Waals surface area contributed by atoms with E-state index in [-0.39, 0.29) is 0 Å². The fraction of sp³-hybridized carbons (Fsp3) is 0.143. The van der Waals surface area contributed by atoms with Crippen LogP contribution in [0.1, 0.15) is 31.0 Å². The highest BCUT2D eigenvalue weighted by molar-refractivity contribution is 7.22. The van der Waals surface area contributed by atoms with Gasteiger partial charge in [0.2, 0.25) is 5.71 Å². The zero-order chi connectivity index (χ0) is 21.8. The van der Waals surface area contributed by atoms with E-state index in [0.29, 0.717) is 11.6 Å². The van der Waals surface area contributed by atoms with E-state index in [1.807, 2.05) is 13.0 Å². The second-order valence-corrected chi connectivity index (χ2v) is 9.64. The zero-order valence-corrected chi connectivity index (χ0v) is 19.0. The average Bonchev–Trinajstić information content (AvgIpc) is 3.39. The van der Waals surface area contributed by atoms with Gasteiger partial charge < -0.3 is 4.42 Å². The first-order valence-electron chi connectivity index (χ1n) is 10.9. The smallest absolute Gasteiger partial charge is 0.227 e. The molecule has 0 saturated heterocycles. The predicted octanol–water partition coefficient (Wildman–Crippen LogP) is 8.36. The summed E-state index contributed by atoms with van der Waals surface area (Å²) in [5.41, 5.74) is 7.98. The number of fused-ring (bicyclic) bond motifs is 4. The molecule has 0 aliphatic rings. The third-order valence-corrected chi connectivity index (χ3v) is 7.15. The maximum absolute atomic E-state index is 6.19. The lowest BCUT2D eigenvalue weighted by Gasteiger charge is -2.05. The molecule has 32 heavy (non-hydrogen) atoms. The van der Waals surface area contributed by atoms with Crippen molar-refractivity contribution in [3.63, 3.8) is 0 Å². The maximum atomic E-state index is 6.19. The van der Waals surface area contributed by atoms with Crippen molar-refractivity contribution in [2.45, 2.75) is 26.7 Å². The number of rotatable bonds is 3. The molecule has 3 nitrogen and oxygen atoms in total. The van der Waals surface area contributed by atoms with Crippen molar-refractivity contribution >= 4 is 43.6 Å². The van der Waals surface area contributed by atoms with E-state index in [4.69, 9.17) is 9.40 Å². The van der Waals surface area contributed by atoms with Gasteiger partial charge in [0.05, 0.1) is 15.9 Å². The van der Waals surface area contributed by atoms with Crippen LogP contribution in [-0.4, -0.2) is 9.97 Å². The minimum absolute atomic E-state index is 0.538. The van der Waals surface area contributed by atoms with E-state index < -0.39 is 0 Å². The first-order valence-corrected chi connectivity index (χ1v) is 11.7. The van der Waals surface area contributed by atoms with Crippen molar-refractivity contribution in [1.29, 1.82) is 0 Å². The minimum Gasteiger partial charge on any atom is -0.437 e. The molecule has 0 amide bonds. The maximum Gasteiger partial charge on any atom is 0.227 e. The Balaban J connectivity index is 1.46. The van der Waals surface area contributed by atoms with Crippen LogP contribution in [-0.2, 0) is 0 Å². The van der Waals surface area contributed by atoms with Crippen LogP contribution >= 0.6 is 11.3 Å². The highest BCUT2D eigenvalue weighted by Gasteiger charge is 2.15. The van der Waals surface area contributed by atoms with Gasteiger partial charge in [-0.25, -0.2) is 9.97 Å². The van der Waals surface area contributed by atoms with Crippen LogP contribution in [0.2, 0.25) is 0 Å². The van der Waals surface area contributed by atoms with Gasteiger partial charge in [-0.3, -0.25) is 0 Å². The number of aryl methyl sites for hydroxylation is 1. The van der Waals surface area contributed by atoms with Gasteiger partial charge in [0, 0.05) is 26.9 Å². The van der Waals surface area contributed by atoms with Crippen LogP contribution in [0.15, 0.2) is 77.2 Å². The van der Waals surface area contributed by atoms with Gasteiger partial charge in [-0.2, -0.15) is 0 Å². The zero-order valence-electron chi connectivity index (χ0n) is 18.2. The van der Waals surface area contributed by atoms with Crippen LogP contribution < -0.4 is 0 Å². The second-order valence-electron chi connectivity index (χ2n) is 8.56. The molecular weight excluding hydrogens is 412 g/mol. The standard InChI is InChI=1S/C28H22N2OS/c1-16(2)18-8-10-19(11-9-18)26-15-24-25(32-26)14-13-23(30-24)22-6-4-5-20-21-12-7-17(3)29-28(21)31-27(20)22/h4-16H,1-3H3. The Morgan fingerprint density at radius 2 is 1.69 bits per heavy atom. The van der Waals surface area contributed by atoms with Crippen LogP contribution in [0.5, 0.6) is 0 Å². The van der Waals surface area contributed by atoms with Gasteiger partial charge in [-0.1, -0.05) is 50.2 Å². The molecule has 0 N–H and O–H groups in total. The molecule has 2 aromatic carbocycles. The summed E-state index contributed by atoms with van der Waals surface area (Å²) >= 11 is 1.78. The van der Waals surface area contributed by atoms with Crippen molar-refractivity contribution in [2.75, 3.05) is 0 Å². The topological polar surface area (TPSA) is 38.9 Å². The van der Waals surface area contributed by atoms with Gasteiger partial charge in [-0.05, 0) is 60.4 Å². The van der Waals surface area contributed by atoms with Crippen LogP contribution in [0.3, 0.4) is 0 Å². The summed E-state index contributed by atoms with van der Waals surface area (Å²) in [4.78, 5) is 10.8. The number of nitrogens with zero attached hydrogens (tertiary/aromatic N) is 2. The van der Waals surface area contributed by atoms with E-state index in [9.17, 15) is 0 Å². The van der Waals surface area contributed by atoms with Gasteiger partial charge in [0.15, 0.2) is 0 Å². The monoisotopic (exact) mass is 434 g/mol. The molecule has 6 aromatic rings. The van der Waals surface area contributed by atoms with Crippen molar-refractivity contribution in [1.82, 2.24) is 9.97 Å². The van der Waals surface area contributed by atoms with E-state index in [2.05, 4.69) is 85.6 Å². The first-order chi connectivity index (χ1) is 15.6. The van der Waals surface area contributed by atoms with Crippen LogP contribution in [0.25, 0.3) is 54.0 Å². The summed E-state index contributed by atoms with van der Waals surface area (Å²) in [5, 5.41) is 2.11. The number of thiophene rings is 1. The third-order valence-electron chi connectivity index (χ3n) is 6.01. The molecule has 4 heteroatoms. The van der Waals surface area contributed by atoms with Gasteiger partial charge in [-0.15, -0.1) is 11.3 Å². The number of furan rings is 1. The molecule has 0 unspecified atom stereocenters. The number of hydrogen-bond acceptors (Lipinski definition) is 4. The quantitative estimate of drug-likeness (QED) is 0.281. The molecule has 4 aromatic heterocycles. The molecule has 0 radical (unpaired) electrons. The van der Waals surface area contributed by atoms with E-state index in [1.165, 1.54) is 20.7 Å². The SMILES string of the molecule is Cc1ccc2c(n1)oc1c(-c3ccc4sc(-c5ccc(C(C)C)cc5)cc4n3)cccc12. The Morgan fingerprint density at radius 3 is 2.50 bits per heavy atom. The fourth-order valence-corrected chi connectivity index (χ4v) is 5.23. The molecule has 0 aliphatic heterocycles. The summed E-state index contributed by atoms with van der Waals surface area (Å²) in [6.07, 6.45) is 0. The van der Waals surface area contributed by atoms with Crippen LogP contribution in [0.4, 0.5) is 0 Å². The molecule has 0 atom stereocenters. The molecule has 0 spiro atoms. The summed E-state index contributed by atoms with van der Waals surface area (Å²) in [6.45, 7) is 6.42. The number of aromatic nitrogens is 2. The lowest BCUT2D eigenvalue weighted by Crippen LogP contribution is -1.85. The Morgan fingerprint density at radius 1 is 0.844 bits per heavy atom. The first kappa shape index (κ1) is 19.2. The fourth-order valence-electron chi connectivity index (χ4n) is 4.22. The Labute approximate surface area is 190 Å². The number of hydrogen-bond donors (Lipinski definition) is 0. The second kappa shape index (κ2) is 7.28. The number of pyridine rings is 2. The summed E-state index contributed by atoms with van der Waals surface area (Å²) in [7, 11) is 0. The van der Waals surface area contributed by atoms with E-state index in [0.717, 1.165) is 38.8 Å². The van der Waals surface area contributed by atoms with E-state index >= 15 is 0 Å². The van der Waals surface area contributed by atoms with Crippen molar-refractivity contribution < 1.29 is 4.42 Å². The highest BCUT2D eigenvalue weighted by atomic mass is 32.1. The molecule has 6 rings (SSSR count). The van der Waals surface area contributed by atoms with Crippen LogP contribution in [0, 0.1) is 6.92 Å². The largest absolute Gasteiger partial charge is 0.437 e. The van der Waals surface area contributed by atoms with E-state index in [1.54, 1.807) is 11.3 Å². The van der Waals surface area contributed by atoms with Gasteiger partial charge >= 0.3 is 0 Å². The molecule has 4 heterocycles. The predicted molar refractivity (Wildman–Crippen MR) is 134 cm³/mol. The van der Waals surface area contributed by atoms with Crippen molar-refractivity contribution in [3.05, 3.63) is 84.1 Å². The Bertz CT molecular complexity index is 1610. The summed E-state index contributed by atoms with van der Waals surface area (Å²) in [5.74, 6) is 0.538. The van der Waals surface area contributed by atoms with Crippen molar-refractivity contribution in [2.24, 2.45) is 0 Å². The van der Waals surface area contributed by atoms with Gasteiger partial charge in [0.1, 0.15) is 5.58 Å². The number of benzene rings is 2. The van der Waals surface area contributed by atoms with Gasteiger partial charge in [0.25, 0.3) is 0 Å². The summed E-state index contributed by atoms with van der Waals surface area (Å²) < 4.78 is 7.37. The Hall–Kier alpha value is -3.50. The molecular formula is C28H22N2OS. The number of para-hydroxylation sites is 1. The minimum atomic E-state index is 0.538. The normalized spacial score (nSPS) is 11.9. The lowest BCUT2D eigenvalue weighted by molar-refractivity contribution is 0.653. The molecule has 0 bridgehead atoms. The molecule has 156 valence electrons. The third kappa shape index (κ3) is 3.10. The molecule has 0 saturated carbocycles. The van der Waals surface area contributed by atoms with Crippen molar-refractivity contribution in [3.8, 4) is 21.7 Å². The summed E-state index contributed by atoms with van der Waals surface area (Å²) in [6, 6.07) is 25.6. The molecule has 0 fully saturated rings. The lowest BCUT2D eigenvalue weighted by atomic mass is 10.0. The average molecular weight is 435 g/mol. The Kier molecular flexibility index (Phi) is 4.37. The highest BCUT2D eigenvalue weighted by Crippen LogP contribution is 2.37.